The molecule has 2 unspecified atom stereocenters. The minimum Gasteiger partial charge on any atom is -0.465 e. The number of likely N-dealkylation sites (tertiary alicyclic amines) is 1. The van der Waals surface area contributed by atoms with Crippen molar-refractivity contribution in [1.29, 1.82) is 0 Å². The lowest BCUT2D eigenvalue weighted by Gasteiger charge is -2.33. The van der Waals surface area contributed by atoms with Crippen LogP contribution in [0.5, 0.6) is 0 Å². The number of hydrogen-bond acceptors (Lipinski definition) is 7. The SMILES string of the molecule is CCOC(=O)CNC(C(=O)N1CCCC1C(=O)NCc1ccc(/C(N)=N/O)cc1)C(c1ccccc1)c1ccccc1. The number of oxime groups is 1. The van der Waals surface area contributed by atoms with Gasteiger partial charge in [-0.15, -0.1) is 0 Å². The fraction of sp³-hybridized carbons (Fsp3) is 0.312. The Balaban J connectivity index is 1.56. The van der Waals surface area contributed by atoms with Gasteiger partial charge in [0.15, 0.2) is 5.84 Å². The van der Waals surface area contributed by atoms with E-state index in [1.54, 1.807) is 36.1 Å². The Morgan fingerprint density at radius 3 is 2.19 bits per heavy atom. The second-order valence-corrected chi connectivity index (χ2v) is 10.1. The smallest absolute Gasteiger partial charge is 0.319 e. The second-order valence-electron chi connectivity index (χ2n) is 10.1. The Hall–Kier alpha value is -4.70. The van der Waals surface area contributed by atoms with E-state index in [1.807, 2.05) is 60.7 Å². The number of rotatable bonds is 12. The zero-order valence-corrected chi connectivity index (χ0v) is 23.6. The summed E-state index contributed by atoms with van der Waals surface area (Å²) in [4.78, 5) is 41.7. The van der Waals surface area contributed by atoms with Crippen molar-refractivity contribution in [1.82, 2.24) is 15.5 Å². The third-order valence-corrected chi connectivity index (χ3v) is 7.35. The molecule has 1 fully saturated rings. The maximum absolute atomic E-state index is 14.3. The summed E-state index contributed by atoms with van der Waals surface area (Å²) in [5.41, 5.74) is 8.84. The van der Waals surface area contributed by atoms with Crippen molar-refractivity contribution in [2.75, 3.05) is 19.7 Å². The zero-order valence-electron chi connectivity index (χ0n) is 23.6. The van der Waals surface area contributed by atoms with Gasteiger partial charge in [0.25, 0.3) is 0 Å². The summed E-state index contributed by atoms with van der Waals surface area (Å²) < 4.78 is 5.13. The molecule has 3 aromatic rings. The molecular weight excluding hydrogens is 534 g/mol. The summed E-state index contributed by atoms with van der Waals surface area (Å²) >= 11 is 0. The summed E-state index contributed by atoms with van der Waals surface area (Å²) in [6, 6.07) is 24.9. The molecule has 1 saturated heterocycles. The second kappa shape index (κ2) is 14.8. The molecule has 3 aromatic carbocycles. The van der Waals surface area contributed by atoms with Gasteiger partial charge in [-0.05, 0) is 36.5 Å². The molecule has 0 bridgehead atoms. The highest BCUT2D eigenvalue weighted by molar-refractivity contribution is 5.97. The third kappa shape index (κ3) is 7.52. The molecule has 2 atom stereocenters. The van der Waals surface area contributed by atoms with Crippen molar-refractivity contribution >= 4 is 23.6 Å². The first-order valence-corrected chi connectivity index (χ1v) is 14.1. The van der Waals surface area contributed by atoms with Gasteiger partial charge in [0.05, 0.1) is 19.2 Å². The van der Waals surface area contributed by atoms with E-state index >= 15 is 0 Å². The third-order valence-electron chi connectivity index (χ3n) is 7.35. The topological polar surface area (TPSA) is 146 Å². The van der Waals surface area contributed by atoms with Gasteiger partial charge in [0.1, 0.15) is 6.04 Å². The molecule has 10 nitrogen and oxygen atoms in total. The number of nitrogens with two attached hydrogens (primary N) is 1. The molecule has 220 valence electrons. The van der Waals surface area contributed by atoms with Crippen LogP contribution < -0.4 is 16.4 Å². The summed E-state index contributed by atoms with van der Waals surface area (Å²) in [5.74, 6) is -1.36. The van der Waals surface area contributed by atoms with E-state index in [0.717, 1.165) is 16.7 Å². The van der Waals surface area contributed by atoms with Crippen LogP contribution in [0.15, 0.2) is 90.1 Å². The molecule has 1 aliphatic rings. The quantitative estimate of drug-likeness (QED) is 0.0860. The summed E-state index contributed by atoms with van der Waals surface area (Å²) in [6.45, 7) is 2.51. The monoisotopic (exact) mass is 571 g/mol. The minimum atomic E-state index is -0.821. The zero-order chi connectivity index (χ0) is 29.9. The van der Waals surface area contributed by atoms with E-state index in [-0.39, 0.29) is 37.3 Å². The molecule has 10 heteroatoms. The number of nitrogens with zero attached hydrogens (tertiary/aromatic N) is 2. The molecule has 0 aliphatic carbocycles. The van der Waals surface area contributed by atoms with Gasteiger partial charge < -0.3 is 25.9 Å². The van der Waals surface area contributed by atoms with Crippen LogP contribution in [0, 0.1) is 0 Å². The first kappa shape index (κ1) is 30.3. The average molecular weight is 572 g/mol. The molecule has 0 radical (unpaired) electrons. The Morgan fingerprint density at radius 2 is 1.62 bits per heavy atom. The van der Waals surface area contributed by atoms with Crippen molar-refractivity contribution in [3.05, 3.63) is 107 Å². The standard InChI is InChI=1S/C32H37N5O5/c1-2-42-27(38)21-34-29(28(23-10-5-3-6-11-23)24-12-7-4-8-13-24)32(40)37-19-9-14-26(37)31(39)35-20-22-15-17-25(18-16-22)30(33)36-41/h3-8,10-13,15-18,26,28-29,34,41H,2,9,14,19-21H2,1H3,(H2,33,36)(H,35,39). The fourth-order valence-corrected chi connectivity index (χ4v) is 5.29. The maximum atomic E-state index is 14.3. The van der Waals surface area contributed by atoms with Gasteiger partial charge in [-0.25, -0.2) is 0 Å². The van der Waals surface area contributed by atoms with E-state index in [9.17, 15) is 14.4 Å². The normalized spacial score (nSPS) is 15.8. The number of amidine groups is 1. The number of hydrogen-bond donors (Lipinski definition) is 4. The molecule has 42 heavy (non-hydrogen) atoms. The molecule has 5 N–H and O–H groups in total. The van der Waals surface area contributed by atoms with Crippen LogP contribution in [0.2, 0.25) is 0 Å². The van der Waals surface area contributed by atoms with Crippen molar-refractivity contribution in [3.63, 3.8) is 0 Å². The molecule has 1 heterocycles. The summed E-state index contributed by atoms with van der Waals surface area (Å²) in [5, 5.41) is 18.0. The molecule has 2 amide bonds. The summed E-state index contributed by atoms with van der Waals surface area (Å²) in [6.07, 6.45) is 1.22. The van der Waals surface area contributed by atoms with E-state index in [1.165, 1.54) is 0 Å². The number of nitrogens with one attached hydrogen (secondary N) is 2. The largest absolute Gasteiger partial charge is 0.465 e. The lowest BCUT2D eigenvalue weighted by atomic mass is 9.84. The molecule has 4 rings (SSSR count). The van der Waals surface area contributed by atoms with Crippen molar-refractivity contribution in [2.24, 2.45) is 10.9 Å². The maximum Gasteiger partial charge on any atom is 0.319 e. The predicted molar refractivity (Wildman–Crippen MR) is 159 cm³/mol. The highest BCUT2D eigenvalue weighted by Crippen LogP contribution is 2.31. The fourth-order valence-electron chi connectivity index (χ4n) is 5.29. The van der Waals surface area contributed by atoms with Crippen LogP contribution in [0.25, 0.3) is 0 Å². The highest BCUT2D eigenvalue weighted by atomic mass is 16.5. The van der Waals surface area contributed by atoms with Crippen molar-refractivity contribution in [3.8, 4) is 0 Å². The van der Waals surface area contributed by atoms with E-state index in [4.69, 9.17) is 15.7 Å². The molecule has 0 spiro atoms. The average Bonchev–Trinajstić information content (AvgIpc) is 3.53. The number of ether oxygens (including phenoxy) is 1. The first-order valence-electron chi connectivity index (χ1n) is 14.1. The molecule has 0 aromatic heterocycles. The van der Waals surface area contributed by atoms with Crippen LogP contribution in [-0.4, -0.2) is 65.5 Å². The number of carbonyl (C=O) groups excluding carboxylic acids is 3. The van der Waals surface area contributed by atoms with Gasteiger partial charge in [-0.1, -0.05) is 90.1 Å². The van der Waals surface area contributed by atoms with Crippen LogP contribution in [0.4, 0.5) is 0 Å². The van der Waals surface area contributed by atoms with Crippen LogP contribution in [0.1, 0.15) is 47.9 Å². The van der Waals surface area contributed by atoms with Crippen LogP contribution in [0.3, 0.4) is 0 Å². The van der Waals surface area contributed by atoms with Crippen LogP contribution in [-0.2, 0) is 25.7 Å². The van der Waals surface area contributed by atoms with Gasteiger partial charge >= 0.3 is 5.97 Å². The van der Waals surface area contributed by atoms with Gasteiger partial charge in [-0.2, -0.15) is 0 Å². The van der Waals surface area contributed by atoms with Gasteiger partial charge in [0, 0.05) is 24.6 Å². The van der Waals surface area contributed by atoms with Gasteiger partial charge in [0.2, 0.25) is 11.8 Å². The van der Waals surface area contributed by atoms with Crippen LogP contribution >= 0.6 is 0 Å². The van der Waals surface area contributed by atoms with E-state index in [0.29, 0.717) is 24.9 Å². The summed E-state index contributed by atoms with van der Waals surface area (Å²) in [7, 11) is 0. The van der Waals surface area contributed by atoms with Gasteiger partial charge in [-0.3, -0.25) is 19.7 Å². The molecule has 1 aliphatic heterocycles. The lowest BCUT2D eigenvalue weighted by molar-refractivity contribution is -0.143. The Bertz CT molecular complexity index is 1330. The number of esters is 1. The Kier molecular flexibility index (Phi) is 10.7. The Labute approximate surface area is 245 Å². The molecule has 0 saturated carbocycles. The van der Waals surface area contributed by atoms with E-state index in [2.05, 4.69) is 15.8 Å². The molecular formula is C32H37N5O5. The lowest BCUT2D eigenvalue weighted by Crippen LogP contribution is -2.55. The van der Waals surface area contributed by atoms with E-state index < -0.39 is 24.0 Å². The first-order chi connectivity index (χ1) is 20.4. The highest BCUT2D eigenvalue weighted by Gasteiger charge is 2.40. The Morgan fingerprint density at radius 1 is 1.00 bits per heavy atom. The number of carbonyl (C=O) groups is 3. The van der Waals surface area contributed by atoms with Crippen molar-refractivity contribution in [2.45, 2.75) is 44.3 Å². The van der Waals surface area contributed by atoms with Crippen molar-refractivity contribution < 1.29 is 24.3 Å². The number of benzene rings is 3. The number of amides is 2. The predicted octanol–water partition coefficient (Wildman–Crippen LogP) is 2.74. The minimum absolute atomic E-state index is 0.00104.